The van der Waals surface area contributed by atoms with Crippen LogP contribution in [0, 0.1) is 0 Å². The monoisotopic (exact) mass is 270 g/mol. The van der Waals surface area contributed by atoms with E-state index in [9.17, 15) is 0 Å². The molecule has 0 aliphatic rings. The average Bonchev–Trinajstić information content (AvgIpc) is 2.53. The Kier molecular flexibility index (Phi) is 5.07. The molecule has 0 saturated heterocycles. The Labute approximate surface area is 120 Å². The van der Waals surface area contributed by atoms with Crippen molar-refractivity contribution in [2.24, 2.45) is 0 Å². The summed E-state index contributed by atoms with van der Waals surface area (Å²) in [6.45, 7) is 3.03. The normalized spacial score (nSPS) is 12.2. The minimum atomic E-state index is 0.280. The van der Waals surface area contributed by atoms with Crippen LogP contribution in [0.1, 0.15) is 24.4 Å². The molecule has 0 radical (unpaired) electrons. The van der Waals surface area contributed by atoms with Crippen LogP contribution in [-0.4, -0.2) is 30.6 Å². The molecule has 0 saturated carbocycles. The molecule has 2 aromatic heterocycles. The predicted molar refractivity (Wildman–Crippen MR) is 82.9 cm³/mol. The third-order valence-electron chi connectivity index (χ3n) is 3.52. The van der Waals surface area contributed by atoms with Gasteiger partial charge in [-0.05, 0) is 38.2 Å². The third-order valence-corrected chi connectivity index (χ3v) is 3.52. The Balaban J connectivity index is 1.94. The zero-order valence-electron chi connectivity index (χ0n) is 12.4. The first kappa shape index (κ1) is 14.5. The minimum absolute atomic E-state index is 0.280. The molecule has 0 spiro atoms. The van der Waals surface area contributed by atoms with Gasteiger partial charge in [0.05, 0.1) is 17.6 Å². The highest BCUT2D eigenvalue weighted by molar-refractivity contribution is 5.44. The van der Waals surface area contributed by atoms with Crippen LogP contribution in [0.5, 0.6) is 0 Å². The van der Waals surface area contributed by atoms with E-state index in [4.69, 9.17) is 0 Å². The molecule has 20 heavy (non-hydrogen) atoms. The molecular weight excluding hydrogens is 248 g/mol. The molecule has 2 rings (SSSR count). The predicted octanol–water partition coefficient (Wildman–Crippen LogP) is 2.44. The van der Waals surface area contributed by atoms with Crippen molar-refractivity contribution in [2.45, 2.75) is 19.4 Å². The molecular formula is C16H22N4. The van der Waals surface area contributed by atoms with E-state index in [2.05, 4.69) is 52.4 Å². The van der Waals surface area contributed by atoms with Crippen molar-refractivity contribution >= 4 is 5.69 Å². The van der Waals surface area contributed by atoms with Gasteiger partial charge in [-0.25, -0.2) is 0 Å². The highest BCUT2D eigenvalue weighted by Crippen LogP contribution is 2.15. The fourth-order valence-electron chi connectivity index (χ4n) is 1.98. The Morgan fingerprint density at radius 3 is 2.65 bits per heavy atom. The van der Waals surface area contributed by atoms with Gasteiger partial charge in [0.2, 0.25) is 0 Å². The minimum Gasteiger partial charge on any atom is -0.373 e. The number of pyridine rings is 2. The second-order valence-electron chi connectivity index (χ2n) is 4.94. The molecule has 4 nitrogen and oxygen atoms in total. The zero-order valence-corrected chi connectivity index (χ0v) is 12.4. The number of hydrogen-bond acceptors (Lipinski definition) is 4. The fraction of sp³-hybridized carbons (Fsp3) is 0.375. The Morgan fingerprint density at radius 1 is 1.20 bits per heavy atom. The topological polar surface area (TPSA) is 41.0 Å². The Hall–Kier alpha value is -1.94. The molecule has 0 aliphatic carbocycles. The summed E-state index contributed by atoms with van der Waals surface area (Å²) < 4.78 is 0. The van der Waals surface area contributed by atoms with Gasteiger partial charge in [-0.3, -0.25) is 9.97 Å². The van der Waals surface area contributed by atoms with Crippen LogP contribution in [0.2, 0.25) is 0 Å². The standard InChI is InChI=1S/C16H22N4/c1-13(17-2)16-8-7-15(12-19-16)20(3)11-9-14-6-4-5-10-18-14/h4-8,10,12-13,17H,9,11H2,1-3H3. The van der Waals surface area contributed by atoms with Crippen molar-refractivity contribution < 1.29 is 0 Å². The molecule has 1 unspecified atom stereocenters. The summed E-state index contributed by atoms with van der Waals surface area (Å²) in [5, 5.41) is 3.19. The lowest BCUT2D eigenvalue weighted by molar-refractivity contribution is 0.632. The highest BCUT2D eigenvalue weighted by Gasteiger charge is 2.06. The number of hydrogen-bond donors (Lipinski definition) is 1. The van der Waals surface area contributed by atoms with E-state index in [-0.39, 0.29) is 6.04 Å². The summed E-state index contributed by atoms with van der Waals surface area (Å²) in [6.07, 6.45) is 4.71. The third kappa shape index (κ3) is 3.78. The quantitative estimate of drug-likeness (QED) is 0.875. The number of rotatable bonds is 6. The highest BCUT2D eigenvalue weighted by atomic mass is 15.1. The smallest absolute Gasteiger partial charge is 0.0571 e. The van der Waals surface area contributed by atoms with E-state index in [1.807, 2.05) is 31.6 Å². The molecule has 106 valence electrons. The van der Waals surface area contributed by atoms with Crippen LogP contribution in [0.3, 0.4) is 0 Å². The first-order chi connectivity index (χ1) is 9.70. The van der Waals surface area contributed by atoms with Crippen molar-refractivity contribution in [2.75, 3.05) is 25.5 Å². The number of anilines is 1. The van der Waals surface area contributed by atoms with Crippen LogP contribution in [0.15, 0.2) is 42.7 Å². The summed E-state index contributed by atoms with van der Waals surface area (Å²) in [7, 11) is 4.03. The second-order valence-corrected chi connectivity index (χ2v) is 4.94. The molecule has 2 heterocycles. The van der Waals surface area contributed by atoms with Crippen molar-refractivity contribution in [1.29, 1.82) is 0 Å². The number of likely N-dealkylation sites (N-methyl/N-ethyl adjacent to an activating group) is 1. The summed E-state index contributed by atoms with van der Waals surface area (Å²) in [4.78, 5) is 11.1. The largest absolute Gasteiger partial charge is 0.373 e. The van der Waals surface area contributed by atoms with Gasteiger partial charge < -0.3 is 10.2 Å². The lowest BCUT2D eigenvalue weighted by atomic mass is 10.2. The van der Waals surface area contributed by atoms with Crippen LogP contribution in [-0.2, 0) is 6.42 Å². The molecule has 0 bridgehead atoms. The lowest BCUT2D eigenvalue weighted by Gasteiger charge is -2.19. The molecule has 2 aromatic rings. The van der Waals surface area contributed by atoms with Crippen molar-refractivity contribution in [3.63, 3.8) is 0 Å². The number of nitrogens with zero attached hydrogens (tertiary/aromatic N) is 3. The van der Waals surface area contributed by atoms with Gasteiger partial charge >= 0.3 is 0 Å². The first-order valence-electron chi connectivity index (χ1n) is 6.95. The maximum Gasteiger partial charge on any atom is 0.0571 e. The Morgan fingerprint density at radius 2 is 2.05 bits per heavy atom. The molecule has 4 heteroatoms. The van der Waals surface area contributed by atoms with Crippen molar-refractivity contribution in [1.82, 2.24) is 15.3 Å². The molecule has 0 aromatic carbocycles. The molecule has 1 N–H and O–H groups in total. The Bertz CT molecular complexity index is 510. The van der Waals surface area contributed by atoms with E-state index in [0.29, 0.717) is 0 Å². The van der Waals surface area contributed by atoms with Gasteiger partial charge in [0.1, 0.15) is 0 Å². The maximum atomic E-state index is 4.51. The van der Waals surface area contributed by atoms with Crippen molar-refractivity contribution in [3.05, 3.63) is 54.1 Å². The van der Waals surface area contributed by atoms with Gasteiger partial charge in [0, 0.05) is 37.9 Å². The summed E-state index contributed by atoms with van der Waals surface area (Å²) >= 11 is 0. The fourth-order valence-corrected chi connectivity index (χ4v) is 1.98. The second kappa shape index (κ2) is 7.01. The van der Waals surface area contributed by atoms with Crippen LogP contribution < -0.4 is 10.2 Å². The number of nitrogens with one attached hydrogen (secondary N) is 1. The first-order valence-corrected chi connectivity index (χ1v) is 6.95. The van der Waals surface area contributed by atoms with Gasteiger partial charge in [-0.1, -0.05) is 6.07 Å². The molecule has 1 atom stereocenters. The van der Waals surface area contributed by atoms with E-state index < -0.39 is 0 Å². The number of aromatic nitrogens is 2. The molecule has 0 aliphatic heterocycles. The van der Waals surface area contributed by atoms with Gasteiger partial charge in [-0.15, -0.1) is 0 Å². The van der Waals surface area contributed by atoms with Gasteiger partial charge in [0.15, 0.2) is 0 Å². The SMILES string of the molecule is CNC(C)c1ccc(N(C)CCc2ccccn2)cn1. The lowest BCUT2D eigenvalue weighted by Crippen LogP contribution is -2.21. The van der Waals surface area contributed by atoms with Gasteiger partial charge in [-0.2, -0.15) is 0 Å². The molecule has 0 amide bonds. The van der Waals surface area contributed by atoms with Crippen LogP contribution >= 0.6 is 0 Å². The summed E-state index contributed by atoms with van der Waals surface area (Å²) in [5.41, 5.74) is 3.31. The molecule has 0 fully saturated rings. The van der Waals surface area contributed by atoms with E-state index >= 15 is 0 Å². The average molecular weight is 270 g/mol. The van der Waals surface area contributed by atoms with Crippen LogP contribution in [0.25, 0.3) is 0 Å². The van der Waals surface area contributed by atoms with E-state index in [1.54, 1.807) is 0 Å². The zero-order chi connectivity index (χ0) is 14.4. The van der Waals surface area contributed by atoms with E-state index in [0.717, 1.165) is 30.0 Å². The van der Waals surface area contributed by atoms with E-state index in [1.165, 1.54) is 0 Å². The van der Waals surface area contributed by atoms with Gasteiger partial charge in [0.25, 0.3) is 0 Å². The summed E-state index contributed by atoms with van der Waals surface area (Å²) in [5.74, 6) is 0. The summed E-state index contributed by atoms with van der Waals surface area (Å²) in [6, 6.07) is 10.5. The maximum absolute atomic E-state index is 4.51. The van der Waals surface area contributed by atoms with Crippen molar-refractivity contribution in [3.8, 4) is 0 Å². The van der Waals surface area contributed by atoms with Crippen LogP contribution in [0.4, 0.5) is 5.69 Å².